The number of allylic oxidation sites excluding steroid dienone is 8. The van der Waals surface area contributed by atoms with E-state index in [0.29, 0.717) is 25.9 Å². The van der Waals surface area contributed by atoms with Gasteiger partial charge in [0.25, 0.3) is 0 Å². The number of carbonyl (C=O) groups excluding carboxylic acids is 1. The molecular weight excluding hydrogens is 693 g/mol. The second kappa shape index (κ2) is 17.4. The zero-order valence-electron chi connectivity index (χ0n) is 35.5. The van der Waals surface area contributed by atoms with Crippen LogP contribution in [0.1, 0.15) is 128 Å². The van der Waals surface area contributed by atoms with Crippen LogP contribution >= 0.6 is 0 Å². The van der Waals surface area contributed by atoms with Gasteiger partial charge in [-0.2, -0.15) is 0 Å². The van der Waals surface area contributed by atoms with Gasteiger partial charge in [0, 0.05) is 59.8 Å². The summed E-state index contributed by atoms with van der Waals surface area (Å²) in [6.07, 6.45) is 18.9. The van der Waals surface area contributed by atoms with Crippen LogP contribution < -0.4 is 9.80 Å². The van der Waals surface area contributed by atoms with Crippen molar-refractivity contribution in [3.8, 4) is 0 Å². The highest BCUT2D eigenvalue weighted by Gasteiger charge is 2.41. The summed E-state index contributed by atoms with van der Waals surface area (Å²) in [6.45, 7) is 21.2. The summed E-state index contributed by atoms with van der Waals surface area (Å²) >= 11 is 0. The molecule has 3 heterocycles. The Labute approximate surface area is 337 Å². The third-order valence-corrected chi connectivity index (χ3v) is 12.8. The van der Waals surface area contributed by atoms with Crippen molar-refractivity contribution >= 4 is 29.0 Å². The number of carboxylic acids is 1. The summed E-state index contributed by atoms with van der Waals surface area (Å²) in [4.78, 5) is 37.3. The normalized spacial score (nSPS) is 22.9. The molecule has 7 nitrogen and oxygen atoms in total. The van der Waals surface area contributed by atoms with Gasteiger partial charge in [0.2, 0.25) is 5.91 Å². The summed E-state index contributed by atoms with van der Waals surface area (Å²) in [6, 6.07) is 13.8. The molecule has 1 saturated carbocycles. The monoisotopic (exact) mass is 759 g/mol. The summed E-state index contributed by atoms with van der Waals surface area (Å²) in [5, 5.41) is 9.52. The molecule has 1 N–H and O–H groups in total. The first kappa shape index (κ1) is 41.2. The Morgan fingerprint density at radius 3 is 1.73 bits per heavy atom. The molecular formula is C49H66N4O3. The van der Waals surface area contributed by atoms with E-state index in [9.17, 15) is 14.7 Å². The predicted molar refractivity (Wildman–Crippen MR) is 233 cm³/mol. The van der Waals surface area contributed by atoms with Crippen molar-refractivity contribution in [3.63, 3.8) is 0 Å². The number of likely N-dealkylation sites (tertiary alicyclic amines) is 1. The van der Waals surface area contributed by atoms with Crippen molar-refractivity contribution in [1.82, 2.24) is 4.90 Å². The summed E-state index contributed by atoms with van der Waals surface area (Å²) in [5.74, 6) is -1.17. The van der Waals surface area contributed by atoms with Crippen LogP contribution in [-0.4, -0.2) is 60.3 Å². The number of unbranched alkanes of at least 4 members (excludes halogenated alkanes) is 3. The van der Waals surface area contributed by atoms with Crippen molar-refractivity contribution in [2.75, 3.05) is 42.5 Å². The highest BCUT2D eigenvalue weighted by atomic mass is 16.4. The van der Waals surface area contributed by atoms with Gasteiger partial charge in [-0.1, -0.05) is 108 Å². The second-order valence-electron chi connectivity index (χ2n) is 17.7. The lowest BCUT2D eigenvalue weighted by Crippen LogP contribution is -2.41. The van der Waals surface area contributed by atoms with E-state index in [1.54, 1.807) is 0 Å². The summed E-state index contributed by atoms with van der Waals surface area (Å²) < 4.78 is 0. The Kier molecular flexibility index (Phi) is 12.8. The molecule has 0 bridgehead atoms. The minimum absolute atomic E-state index is 0.0272. The number of amides is 1. The molecule has 0 aromatic heterocycles. The average molecular weight is 759 g/mol. The minimum atomic E-state index is -0.767. The van der Waals surface area contributed by atoms with E-state index in [1.807, 2.05) is 4.90 Å². The smallest absolute Gasteiger partial charge is 0.306 e. The van der Waals surface area contributed by atoms with Crippen molar-refractivity contribution in [2.24, 2.45) is 10.9 Å². The van der Waals surface area contributed by atoms with Gasteiger partial charge in [-0.3, -0.25) is 14.6 Å². The van der Waals surface area contributed by atoms with Gasteiger partial charge < -0.3 is 19.8 Å². The minimum Gasteiger partial charge on any atom is -0.481 e. The first-order valence-electron chi connectivity index (χ1n) is 21.4. The van der Waals surface area contributed by atoms with Gasteiger partial charge in [0.1, 0.15) is 6.54 Å². The van der Waals surface area contributed by atoms with E-state index in [4.69, 9.17) is 4.99 Å². The van der Waals surface area contributed by atoms with E-state index in [0.717, 1.165) is 57.3 Å². The molecule has 3 aliphatic heterocycles. The molecule has 1 saturated heterocycles. The third kappa shape index (κ3) is 8.47. The Bertz CT molecular complexity index is 1950. The zero-order chi connectivity index (χ0) is 40.2. The van der Waals surface area contributed by atoms with E-state index >= 15 is 0 Å². The third-order valence-electron chi connectivity index (χ3n) is 12.8. The lowest BCUT2D eigenvalue weighted by Gasteiger charge is -2.30. The number of nitrogens with zero attached hydrogens (tertiary/aromatic N) is 4. The maximum absolute atomic E-state index is 13.6. The largest absolute Gasteiger partial charge is 0.481 e. The molecule has 0 atom stereocenters. The van der Waals surface area contributed by atoms with Crippen molar-refractivity contribution in [1.29, 1.82) is 0 Å². The van der Waals surface area contributed by atoms with Crippen LogP contribution in [0.4, 0.5) is 11.4 Å². The number of hydrogen-bond acceptors (Lipinski definition) is 5. The molecule has 2 aromatic rings. The molecule has 2 fully saturated rings. The molecule has 300 valence electrons. The highest BCUT2D eigenvalue weighted by Crippen LogP contribution is 2.49. The lowest BCUT2D eigenvalue weighted by molar-refractivity contribution is -0.145. The van der Waals surface area contributed by atoms with Crippen LogP contribution in [0.3, 0.4) is 0 Å². The number of aryl methyl sites for hydroxylation is 2. The van der Waals surface area contributed by atoms with Gasteiger partial charge in [-0.25, -0.2) is 0 Å². The number of hydrogen-bond donors (Lipinski definition) is 1. The predicted octanol–water partition coefficient (Wildman–Crippen LogP) is 10.8. The molecule has 6 rings (SSSR count). The number of aliphatic carboxylic acids is 1. The quantitative estimate of drug-likeness (QED) is 0.218. The van der Waals surface area contributed by atoms with E-state index in [1.165, 1.54) is 69.0 Å². The number of carboxylic acid groups (broad SMARTS) is 1. The number of benzene rings is 2. The molecule has 0 radical (unpaired) electrons. The van der Waals surface area contributed by atoms with E-state index in [-0.39, 0.29) is 29.2 Å². The van der Waals surface area contributed by atoms with Gasteiger partial charge in [-0.05, 0) is 105 Å². The average Bonchev–Trinajstić information content (AvgIpc) is 3.51. The number of fused-ring (bicyclic) bond motifs is 2. The fourth-order valence-corrected chi connectivity index (χ4v) is 9.32. The second-order valence-corrected chi connectivity index (χ2v) is 17.7. The van der Waals surface area contributed by atoms with Gasteiger partial charge in [0.05, 0.1) is 11.6 Å². The molecule has 1 aliphatic carbocycles. The first-order valence-corrected chi connectivity index (χ1v) is 21.4. The summed E-state index contributed by atoms with van der Waals surface area (Å²) in [7, 11) is 0. The Balaban J connectivity index is 1.40. The topological polar surface area (TPSA) is 76.5 Å². The van der Waals surface area contributed by atoms with Gasteiger partial charge in [-0.15, -0.1) is 0 Å². The first-order chi connectivity index (χ1) is 26.8. The van der Waals surface area contributed by atoms with Gasteiger partial charge >= 0.3 is 5.97 Å². The Morgan fingerprint density at radius 2 is 1.25 bits per heavy atom. The molecule has 0 spiro atoms. The number of carbonyl (C=O) groups is 2. The maximum Gasteiger partial charge on any atom is 0.306 e. The fourth-order valence-electron chi connectivity index (χ4n) is 9.32. The van der Waals surface area contributed by atoms with Crippen LogP contribution in [0.5, 0.6) is 0 Å². The van der Waals surface area contributed by atoms with E-state index < -0.39 is 5.97 Å². The van der Waals surface area contributed by atoms with Gasteiger partial charge in [0.15, 0.2) is 0 Å². The molecule has 0 unspecified atom stereocenters. The Morgan fingerprint density at radius 1 is 0.750 bits per heavy atom. The van der Waals surface area contributed by atoms with Crippen molar-refractivity contribution in [2.45, 2.75) is 130 Å². The maximum atomic E-state index is 13.6. The van der Waals surface area contributed by atoms with Crippen LogP contribution in [0, 0.1) is 19.8 Å². The van der Waals surface area contributed by atoms with E-state index in [2.05, 4.69) is 126 Å². The summed E-state index contributed by atoms with van der Waals surface area (Å²) in [5.41, 5.74) is 13.5. The number of rotatable bonds is 12. The Hall–Kier alpha value is -4.39. The van der Waals surface area contributed by atoms with Crippen molar-refractivity contribution < 1.29 is 14.7 Å². The molecule has 1 amide bonds. The van der Waals surface area contributed by atoms with Crippen LogP contribution in [-0.2, 0) is 20.4 Å². The van der Waals surface area contributed by atoms with Crippen molar-refractivity contribution in [3.05, 3.63) is 105 Å². The highest BCUT2D eigenvalue weighted by molar-refractivity contribution is 6.14. The molecule has 7 heteroatoms. The number of anilines is 2. The SMILES string of the molecule is CCCCCN1/C(=C\C=C2/CCCC(=CC=C3N(CCCC)c4ccc(C)cc4C3(C)C)C2=NCC(=O)N2CCC(C(=O)O)CC2)C(C)(C)c2cc(C)ccc21. The molecule has 4 aliphatic rings. The van der Waals surface area contributed by atoms with Crippen LogP contribution in [0.25, 0.3) is 0 Å². The standard InChI is InChI=1S/C49H66N4O3/c1-9-11-13-28-53-42-22-18-35(4)32-40(42)49(7,8)44(53)24-20-37-16-14-15-36(46(37)50-33-45(54)51-29-25-38(26-30-51)47(55)56)19-23-43-48(5,6)39-31-34(3)17-21-41(39)52(43)27-12-10-2/h17-24,31-32,38H,9-16,25-30,33H2,1-8H3,(H,55,56)/b36-19?,37-20+,43-23?,44-24-,50-46?. The lowest BCUT2D eigenvalue weighted by atomic mass is 9.82. The van der Waals surface area contributed by atoms with Crippen LogP contribution in [0.15, 0.2) is 88.2 Å². The molecule has 2 aromatic carbocycles. The van der Waals surface area contributed by atoms with Crippen LogP contribution in [0.2, 0.25) is 0 Å². The number of piperidine rings is 1. The zero-order valence-corrected chi connectivity index (χ0v) is 35.5. The fraction of sp³-hybridized carbons (Fsp3) is 0.531. The number of aliphatic imine (C=N–C) groups is 1. The molecule has 56 heavy (non-hydrogen) atoms.